The summed E-state index contributed by atoms with van der Waals surface area (Å²) in [6.07, 6.45) is 21.6. The topological polar surface area (TPSA) is 50.5 Å². The minimum atomic E-state index is -0.301. The van der Waals surface area contributed by atoms with Crippen LogP contribution in [0.15, 0.2) is 72.9 Å². The van der Waals surface area contributed by atoms with Gasteiger partial charge in [0, 0.05) is 29.7 Å². The Kier molecular flexibility index (Phi) is 20.2. The number of aryl methyl sites for hydroxylation is 2. The fourth-order valence-corrected chi connectivity index (χ4v) is 5.85. The van der Waals surface area contributed by atoms with Gasteiger partial charge in [0.25, 0.3) is 11.8 Å². The highest BCUT2D eigenvalue weighted by molar-refractivity contribution is 6.10. The van der Waals surface area contributed by atoms with Crippen LogP contribution < -0.4 is 33.3 Å². The molecule has 0 saturated heterocycles. The first kappa shape index (κ1) is 39.4. The first-order valence-electron chi connectivity index (χ1n) is 17.7. The number of imide groups is 1. The van der Waals surface area contributed by atoms with Gasteiger partial charge >= 0.3 is 0 Å². The third-order valence-electron chi connectivity index (χ3n) is 8.53. The molecule has 46 heavy (non-hydrogen) atoms. The van der Waals surface area contributed by atoms with Gasteiger partial charge in [-0.2, -0.15) is 0 Å². The summed E-state index contributed by atoms with van der Waals surface area (Å²) in [7, 11) is 0. The van der Waals surface area contributed by atoms with Crippen LogP contribution >= 0.6 is 0 Å². The number of unbranched alkanes of at least 4 members (excludes halogenated alkanes) is 13. The second-order valence-corrected chi connectivity index (χ2v) is 12.4. The van der Waals surface area contributed by atoms with Gasteiger partial charge in [-0.25, -0.2) is 4.57 Å². The molecule has 3 rings (SSSR count). The van der Waals surface area contributed by atoms with Crippen molar-refractivity contribution in [3.8, 4) is 5.75 Å². The summed E-state index contributed by atoms with van der Waals surface area (Å²) in [5, 5.41) is 0. The van der Waals surface area contributed by atoms with Crippen LogP contribution in [0.3, 0.4) is 0 Å². The Hall–Kier alpha value is -2.74. The highest BCUT2D eigenvalue weighted by atomic mass is 127. The van der Waals surface area contributed by atoms with Crippen LogP contribution in [0.1, 0.15) is 142 Å². The van der Waals surface area contributed by atoms with E-state index in [1.165, 1.54) is 88.4 Å². The number of hydrogen-bond donors (Lipinski definition) is 0. The monoisotopic (exact) mass is 740 g/mol. The maximum absolute atomic E-state index is 13.9. The Morgan fingerprint density at radius 3 is 1.85 bits per heavy atom. The quantitative estimate of drug-likeness (QED) is 0.0481. The minimum Gasteiger partial charge on any atom is -1.00 e. The lowest BCUT2D eigenvalue weighted by atomic mass is 10.0. The van der Waals surface area contributed by atoms with Crippen molar-refractivity contribution in [1.29, 1.82) is 0 Å². The summed E-state index contributed by atoms with van der Waals surface area (Å²) >= 11 is 0. The van der Waals surface area contributed by atoms with Crippen molar-refractivity contribution >= 4 is 11.8 Å². The van der Waals surface area contributed by atoms with Crippen LogP contribution in [-0.4, -0.2) is 23.3 Å². The van der Waals surface area contributed by atoms with E-state index >= 15 is 0 Å². The first-order valence-corrected chi connectivity index (χ1v) is 17.7. The van der Waals surface area contributed by atoms with E-state index in [4.69, 9.17) is 4.74 Å². The maximum Gasteiger partial charge on any atom is 0.261 e. The van der Waals surface area contributed by atoms with Gasteiger partial charge in [-0.1, -0.05) is 122 Å². The molecule has 1 aromatic heterocycles. The Balaban J connectivity index is 0.00000736. The Bertz CT molecular complexity index is 1280. The molecule has 1 heterocycles. The molecule has 0 radical (unpaired) electrons. The van der Waals surface area contributed by atoms with Crippen molar-refractivity contribution in [2.24, 2.45) is 0 Å². The molecule has 6 heteroatoms. The third-order valence-corrected chi connectivity index (χ3v) is 8.53. The average molecular weight is 741 g/mol. The molecule has 0 N–H and O–H groups in total. The molecule has 2 amide bonds. The fraction of sp³-hybridized carbons (Fsp3) is 0.525. The number of nitrogens with zero attached hydrogens (tertiary/aromatic N) is 2. The van der Waals surface area contributed by atoms with E-state index < -0.39 is 0 Å². The van der Waals surface area contributed by atoms with E-state index in [-0.39, 0.29) is 42.3 Å². The second kappa shape index (κ2) is 23.6. The van der Waals surface area contributed by atoms with Gasteiger partial charge in [-0.3, -0.25) is 14.5 Å². The highest BCUT2D eigenvalue weighted by Crippen LogP contribution is 2.22. The molecule has 0 spiro atoms. The Labute approximate surface area is 296 Å². The number of amides is 2. The summed E-state index contributed by atoms with van der Waals surface area (Å²) in [6.45, 7) is 8.01. The largest absolute Gasteiger partial charge is 1.00 e. The van der Waals surface area contributed by atoms with E-state index in [0.29, 0.717) is 17.7 Å². The number of halogens is 1. The number of ether oxygens (including phenoxy) is 1. The Morgan fingerprint density at radius 1 is 0.674 bits per heavy atom. The predicted molar refractivity (Wildman–Crippen MR) is 185 cm³/mol. The van der Waals surface area contributed by atoms with Crippen LogP contribution in [0.25, 0.3) is 0 Å². The van der Waals surface area contributed by atoms with Crippen molar-refractivity contribution in [3.63, 3.8) is 0 Å². The molecule has 0 aliphatic rings. The molecule has 252 valence electrons. The Morgan fingerprint density at radius 2 is 1.26 bits per heavy atom. The summed E-state index contributed by atoms with van der Waals surface area (Å²) in [5.74, 6) is 0.167. The van der Waals surface area contributed by atoms with Crippen LogP contribution in [-0.2, 0) is 13.1 Å². The second-order valence-electron chi connectivity index (χ2n) is 12.4. The van der Waals surface area contributed by atoms with E-state index in [1.807, 2.05) is 61.7 Å². The van der Waals surface area contributed by atoms with Gasteiger partial charge < -0.3 is 28.7 Å². The van der Waals surface area contributed by atoms with Gasteiger partial charge in [0.05, 0.1) is 6.61 Å². The van der Waals surface area contributed by atoms with Crippen LogP contribution in [0.4, 0.5) is 0 Å². The van der Waals surface area contributed by atoms with Gasteiger partial charge in [0.1, 0.15) is 18.8 Å². The third kappa shape index (κ3) is 13.9. The van der Waals surface area contributed by atoms with Crippen molar-refractivity contribution in [2.75, 3.05) is 6.61 Å². The fourth-order valence-electron chi connectivity index (χ4n) is 5.85. The SMILES string of the molecule is CCCCCCCCCCCCCCCCOc1ccc(C(=O)N(Cc2cccc[n+]2CCC)C(=O)c2ccccc2)c(C)c1.[I-]. The minimum absolute atomic E-state index is 0. The van der Waals surface area contributed by atoms with E-state index in [1.54, 1.807) is 18.2 Å². The van der Waals surface area contributed by atoms with Crippen molar-refractivity contribution in [2.45, 2.75) is 130 Å². The smallest absolute Gasteiger partial charge is 0.261 e. The molecule has 5 nitrogen and oxygen atoms in total. The number of aromatic nitrogens is 1. The zero-order valence-electron chi connectivity index (χ0n) is 28.7. The zero-order valence-corrected chi connectivity index (χ0v) is 30.8. The molecule has 0 unspecified atom stereocenters. The molecular formula is C40H57IN2O3. The van der Waals surface area contributed by atoms with Crippen LogP contribution in [0, 0.1) is 6.92 Å². The zero-order chi connectivity index (χ0) is 32.1. The van der Waals surface area contributed by atoms with Gasteiger partial charge in [-0.05, 0) is 49.2 Å². The average Bonchev–Trinajstić information content (AvgIpc) is 3.06. The molecule has 2 aromatic carbocycles. The molecule has 0 aliphatic carbocycles. The molecule has 0 saturated carbocycles. The van der Waals surface area contributed by atoms with Crippen molar-refractivity contribution < 1.29 is 42.9 Å². The number of rotatable bonds is 22. The highest BCUT2D eigenvalue weighted by Gasteiger charge is 2.28. The summed E-state index contributed by atoms with van der Waals surface area (Å²) < 4.78 is 8.16. The van der Waals surface area contributed by atoms with Gasteiger partial charge in [-0.15, -0.1) is 0 Å². The van der Waals surface area contributed by atoms with E-state index in [9.17, 15) is 9.59 Å². The molecular weight excluding hydrogens is 683 g/mol. The summed E-state index contributed by atoms with van der Waals surface area (Å²) in [6, 6.07) is 20.5. The summed E-state index contributed by atoms with van der Waals surface area (Å²) in [5.41, 5.74) is 2.73. The standard InChI is InChI=1S/C40H57N2O3.HI/c1-4-6-7-8-9-10-11-12-13-14-15-16-17-23-31-45-37-27-28-38(34(3)32-37)40(44)42(39(43)35-24-19-18-20-25-35)33-36-26-21-22-30-41(36)29-5-2;/h18-22,24-28,30,32H,4-17,23,29,31,33H2,1-3H3;1H/q+1;/p-1. The predicted octanol–water partition coefficient (Wildman–Crippen LogP) is 7.04. The van der Waals surface area contributed by atoms with Gasteiger partial charge in [0.2, 0.25) is 5.69 Å². The molecule has 3 aromatic rings. The number of carbonyl (C=O) groups is 2. The number of benzene rings is 2. The number of carbonyl (C=O) groups excluding carboxylic acids is 2. The molecule has 0 atom stereocenters. The molecule has 0 fully saturated rings. The lowest BCUT2D eigenvalue weighted by Gasteiger charge is -2.21. The first-order chi connectivity index (χ1) is 22.0. The maximum atomic E-state index is 13.9. The normalized spacial score (nSPS) is 10.8. The lowest BCUT2D eigenvalue weighted by Crippen LogP contribution is -3.00. The summed E-state index contributed by atoms with van der Waals surface area (Å²) in [4.78, 5) is 28.9. The lowest BCUT2D eigenvalue weighted by molar-refractivity contribution is -0.704. The van der Waals surface area contributed by atoms with E-state index in [0.717, 1.165) is 36.4 Å². The van der Waals surface area contributed by atoms with Crippen LogP contribution in [0.5, 0.6) is 5.75 Å². The number of hydrogen-bond acceptors (Lipinski definition) is 3. The van der Waals surface area contributed by atoms with Crippen molar-refractivity contribution in [1.82, 2.24) is 4.90 Å². The molecule has 0 aliphatic heterocycles. The van der Waals surface area contributed by atoms with E-state index in [2.05, 4.69) is 18.4 Å². The van der Waals surface area contributed by atoms with Crippen LogP contribution in [0.2, 0.25) is 0 Å². The van der Waals surface area contributed by atoms with Gasteiger partial charge in [0.15, 0.2) is 6.20 Å². The number of pyridine rings is 1. The van der Waals surface area contributed by atoms with Crippen molar-refractivity contribution in [3.05, 3.63) is 95.3 Å². The molecule has 0 bridgehead atoms.